The molecule has 1 aromatic rings. The molecule has 20 heavy (non-hydrogen) atoms. The van der Waals surface area contributed by atoms with Gasteiger partial charge in [0.2, 0.25) is 0 Å². The van der Waals surface area contributed by atoms with Gasteiger partial charge >= 0.3 is 0 Å². The van der Waals surface area contributed by atoms with Crippen LogP contribution in [-0.2, 0) is 6.54 Å². The Balaban J connectivity index is 2.54. The van der Waals surface area contributed by atoms with Crippen molar-refractivity contribution in [3.63, 3.8) is 0 Å². The molecule has 0 amide bonds. The number of rotatable bonds is 9. The second-order valence-corrected chi connectivity index (χ2v) is 5.76. The quantitative estimate of drug-likeness (QED) is 0.705. The van der Waals surface area contributed by atoms with Gasteiger partial charge < -0.3 is 15.0 Å². The van der Waals surface area contributed by atoms with Gasteiger partial charge in [-0.2, -0.15) is 0 Å². The summed E-state index contributed by atoms with van der Waals surface area (Å²) in [4.78, 5) is 2.09. The molecule has 0 aliphatic heterocycles. The van der Waals surface area contributed by atoms with Crippen LogP contribution in [-0.4, -0.2) is 38.7 Å². The molecule has 0 radical (unpaired) electrons. The van der Waals surface area contributed by atoms with Gasteiger partial charge in [0.25, 0.3) is 0 Å². The highest BCUT2D eigenvalue weighted by molar-refractivity contribution is 5.34. The van der Waals surface area contributed by atoms with Crippen molar-refractivity contribution in [1.82, 2.24) is 10.2 Å². The Hall–Kier alpha value is -1.13. The lowest BCUT2D eigenvalue weighted by Gasteiger charge is -2.15. The normalized spacial score (nSPS) is 11.3. The van der Waals surface area contributed by atoms with Crippen molar-refractivity contribution in [3.05, 3.63) is 29.6 Å². The average molecular weight is 282 g/mol. The highest BCUT2D eigenvalue weighted by atomic mass is 19.1. The summed E-state index contributed by atoms with van der Waals surface area (Å²) in [5.41, 5.74) is 0.885. The Morgan fingerprint density at radius 2 is 2.05 bits per heavy atom. The minimum atomic E-state index is -0.279. The van der Waals surface area contributed by atoms with Crippen molar-refractivity contribution >= 4 is 0 Å². The maximum atomic E-state index is 13.9. The molecule has 0 aliphatic carbocycles. The van der Waals surface area contributed by atoms with Crippen LogP contribution in [0, 0.1) is 11.7 Å². The molecule has 0 spiro atoms. The van der Waals surface area contributed by atoms with Gasteiger partial charge in [-0.3, -0.25) is 0 Å². The summed E-state index contributed by atoms with van der Waals surface area (Å²) in [6.45, 7) is 7.33. The van der Waals surface area contributed by atoms with Gasteiger partial charge in [0, 0.05) is 18.7 Å². The zero-order valence-electron chi connectivity index (χ0n) is 13.1. The van der Waals surface area contributed by atoms with E-state index in [4.69, 9.17) is 4.74 Å². The minimum Gasteiger partial charge on any atom is -0.490 e. The van der Waals surface area contributed by atoms with E-state index in [1.807, 2.05) is 20.2 Å². The fourth-order valence-corrected chi connectivity index (χ4v) is 1.90. The molecule has 4 heteroatoms. The van der Waals surface area contributed by atoms with Crippen LogP contribution in [0.2, 0.25) is 0 Å². The molecule has 114 valence electrons. The molecule has 0 saturated carbocycles. The molecule has 0 aromatic heterocycles. The standard InChI is InChI=1S/C16H27FN2O/c1-13(2)11-18-12-14-7-5-8-15(17)16(14)20-10-6-9-19(3)4/h5,7-8,13,18H,6,9-12H2,1-4H3. The van der Waals surface area contributed by atoms with Crippen molar-refractivity contribution in [2.75, 3.05) is 33.8 Å². The van der Waals surface area contributed by atoms with Gasteiger partial charge in [-0.15, -0.1) is 0 Å². The molecule has 0 heterocycles. The van der Waals surface area contributed by atoms with Crippen LogP contribution >= 0.6 is 0 Å². The van der Waals surface area contributed by atoms with E-state index in [0.29, 0.717) is 24.8 Å². The van der Waals surface area contributed by atoms with Crippen LogP contribution in [0.25, 0.3) is 0 Å². The molecular weight excluding hydrogens is 255 g/mol. The summed E-state index contributed by atoms with van der Waals surface area (Å²) in [6, 6.07) is 5.10. The Morgan fingerprint density at radius 1 is 1.30 bits per heavy atom. The zero-order valence-corrected chi connectivity index (χ0v) is 13.1. The van der Waals surface area contributed by atoms with Crippen molar-refractivity contribution in [2.45, 2.75) is 26.8 Å². The number of para-hydroxylation sites is 1. The van der Waals surface area contributed by atoms with Gasteiger partial charge in [0.1, 0.15) is 0 Å². The van der Waals surface area contributed by atoms with Crippen molar-refractivity contribution in [2.24, 2.45) is 5.92 Å². The summed E-state index contributed by atoms with van der Waals surface area (Å²) < 4.78 is 19.5. The third-order valence-electron chi connectivity index (χ3n) is 2.91. The first-order valence-electron chi connectivity index (χ1n) is 7.26. The van der Waals surface area contributed by atoms with E-state index in [-0.39, 0.29) is 5.82 Å². The average Bonchev–Trinajstić information content (AvgIpc) is 2.36. The van der Waals surface area contributed by atoms with E-state index in [1.54, 1.807) is 6.07 Å². The first-order chi connectivity index (χ1) is 9.50. The SMILES string of the molecule is CC(C)CNCc1cccc(F)c1OCCCN(C)C. The predicted octanol–water partition coefficient (Wildman–Crippen LogP) is 2.90. The van der Waals surface area contributed by atoms with Crippen LogP contribution in [0.5, 0.6) is 5.75 Å². The number of ether oxygens (including phenoxy) is 1. The Kier molecular flexibility index (Phi) is 7.55. The fourth-order valence-electron chi connectivity index (χ4n) is 1.90. The molecule has 1 N–H and O–H groups in total. The lowest BCUT2D eigenvalue weighted by atomic mass is 10.1. The second kappa shape index (κ2) is 8.93. The number of nitrogens with zero attached hydrogens (tertiary/aromatic N) is 1. The van der Waals surface area contributed by atoms with Crippen molar-refractivity contribution in [1.29, 1.82) is 0 Å². The molecule has 0 bridgehead atoms. The molecule has 0 fully saturated rings. The monoisotopic (exact) mass is 282 g/mol. The van der Waals surface area contributed by atoms with E-state index in [0.717, 1.165) is 25.1 Å². The molecular formula is C16H27FN2O. The van der Waals surface area contributed by atoms with Crippen LogP contribution in [0.3, 0.4) is 0 Å². The molecule has 0 saturated heterocycles. The van der Waals surface area contributed by atoms with E-state index < -0.39 is 0 Å². The Morgan fingerprint density at radius 3 is 2.70 bits per heavy atom. The van der Waals surface area contributed by atoms with Crippen LogP contribution < -0.4 is 10.1 Å². The molecule has 0 atom stereocenters. The van der Waals surface area contributed by atoms with Gasteiger partial charge in [-0.1, -0.05) is 26.0 Å². The molecule has 0 aliphatic rings. The summed E-state index contributed by atoms with van der Waals surface area (Å²) in [5, 5.41) is 3.32. The Bertz CT molecular complexity index is 394. The topological polar surface area (TPSA) is 24.5 Å². The number of hydrogen-bond donors (Lipinski definition) is 1. The largest absolute Gasteiger partial charge is 0.490 e. The predicted molar refractivity (Wildman–Crippen MR) is 81.6 cm³/mol. The summed E-state index contributed by atoms with van der Waals surface area (Å²) in [6.07, 6.45) is 0.889. The van der Waals surface area contributed by atoms with Gasteiger partial charge in [0.05, 0.1) is 6.61 Å². The molecule has 1 rings (SSSR count). The first-order valence-corrected chi connectivity index (χ1v) is 7.26. The van der Waals surface area contributed by atoms with E-state index in [1.165, 1.54) is 6.07 Å². The third kappa shape index (κ3) is 6.35. The van der Waals surface area contributed by atoms with Crippen LogP contribution in [0.4, 0.5) is 4.39 Å². The van der Waals surface area contributed by atoms with Gasteiger partial charge in [-0.25, -0.2) is 4.39 Å². The smallest absolute Gasteiger partial charge is 0.165 e. The fraction of sp³-hybridized carbons (Fsp3) is 0.625. The Labute approximate surface area is 122 Å². The number of benzene rings is 1. The van der Waals surface area contributed by atoms with Gasteiger partial charge in [-0.05, 0) is 39.0 Å². The molecule has 1 aromatic carbocycles. The van der Waals surface area contributed by atoms with E-state index in [2.05, 4.69) is 24.1 Å². The van der Waals surface area contributed by atoms with Gasteiger partial charge in [0.15, 0.2) is 11.6 Å². The second-order valence-electron chi connectivity index (χ2n) is 5.76. The van der Waals surface area contributed by atoms with Crippen molar-refractivity contribution < 1.29 is 9.13 Å². The highest BCUT2D eigenvalue weighted by Crippen LogP contribution is 2.22. The third-order valence-corrected chi connectivity index (χ3v) is 2.91. The summed E-state index contributed by atoms with van der Waals surface area (Å²) >= 11 is 0. The van der Waals surface area contributed by atoms with Crippen LogP contribution in [0.1, 0.15) is 25.8 Å². The maximum Gasteiger partial charge on any atom is 0.165 e. The lowest BCUT2D eigenvalue weighted by Crippen LogP contribution is -2.20. The summed E-state index contributed by atoms with van der Waals surface area (Å²) in [7, 11) is 4.04. The van der Waals surface area contributed by atoms with Crippen LogP contribution in [0.15, 0.2) is 18.2 Å². The van der Waals surface area contributed by atoms with E-state index in [9.17, 15) is 4.39 Å². The molecule has 3 nitrogen and oxygen atoms in total. The first kappa shape index (κ1) is 16.9. The summed E-state index contributed by atoms with van der Waals surface area (Å²) in [5.74, 6) is 0.689. The number of hydrogen-bond acceptors (Lipinski definition) is 3. The highest BCUT2D eigenvalue weighted by Gasteiger charge is 2.09. The lowest BCUT2D eigenvalue weighted by molar-refractivity contribution is 0.268. The van der Waals surface area contributed by atoms with E-state index >= 15 is 0 Å². The minimum absolute atomic E-state index is 0.279. The number of halogens is 1. The number of nitrogens with one attached hydrogen (secondary N) is 1. The maximum absolute atomic E-state index is 13.9. The van der Waals surface area contributed by atoms with Crippen molar-refractivity contribution in [3.8, 4) is 5.75 Å². The molecule has 0 unspecified atom stereocenters. The zero-order chi connectivity index (χ0) is 15.0.